The van der Waals surface area contributed by atoms with Gasteiger partial charge in [-0.1, -0.05) is 0 Å². The lowest BCUT2D eigenvalue weighted by molar-refractivity contribution is -0.418. The molecule has 113 valence electrons. The quantitative estimate of drug-likeness (QED) is 0.735. The number of hydrogen-bond acceptors (Lipinski definition) is 1. The van der Waals surface area contributed by atoms with Crippen molar-refractivity contribution in [1.29, 1.82) is 0 Å². The second kappa shape index (κ2) is 4.10. The van der Waals surface area contributed by atoms with Crippen molar-refractivity contribution < 1.29 is 58.2 Å². The molecule has 0 N–H and O–H groups in total. The van der Waals surface area contributed by atoms with E-state index in [0.29, 0.717) is 0 Å². The van der Waals surface area contributed by atoms with Gasteiger partial charge in [0.1, 0.15) is 0 Å². The highest BCUT2D eigenvalue weighted by Gasteiger charge is 2.89. The van der Waals surface area contributed by atoms with Crippen LogP contribution in [0.1, 0.15) is 0 Å². The molecule has 0 unspecified atom stereocenters. The number of carbonyl (C=O) groups excluding carboxylic acids is 1. The van der Waals surface area contributed by atoms with Crippen LogP contribution in [0.2, 0.25) is 0 Å². The van der Waals surface area contributed by atoms with Crippen LogP contribution in [0.4, 0.5) is 48.3 Å². The Morgan fingerprint density at radius 3 is 1.11 bits per heavy atom. The Balaban J connectivity index is 5.99. The lowest BCUT2D eigenvalue weighted by atomic mass is 9.98. The van der Waals surface area contributed by atoms with Crippen LogP contribution in [0.15, 0.2) is 0 Å². The minimum atomic E-state index is -7.72. The molecule has 0 aliphatic heterocycles. The van der Waals surface area contributed by atoms with Crippen molar-refractivity contribution in [1.82, 2.24) is 0 Å². The fourth-order valence-electron chi connectivity index (χ4n) is 0.701. The predicted octanol–water partition coefficient (Wildman–Crippen LogP) is 3.05. The minimum Gasteiger partial charge on any atom is -0.240 e. The van der Waals surface area contributed by atoms with Crippen molar-refractivity contribution in [3.8, 4) is 0 Å². The van der Waals surface area contributed by atoms with E-state index in [0.717, 1.165) is 0 Å². The van der Waals surface area contributed by atoms with E-state index >= 15 is 0 Å². The van der Waals surface area contributed by atoms with E-state index in [1.54, 1.807) is 0 Å². The molecule has 0 heterocycles. The van der Waals surface area contributed by atoms with Crippen molar-refractivity contribution in [3.63, 3.8) is 0 Å². The summed E-state index contributed by atoms with van der Waals surface area (Å²) in [6.07, 6.45) is -7.32. The first-order valence-electron chi connectivity index (χ1n) is 3.74. The summed E-state index contributed by atoms with van der Waals surface area (Å²) in [5, 5.41) is 9.49. The zero-order chi connectivity index (χ0) is 16.1. The Labute approximate surface area is 95.3 Å². The standard InChI is InChI=1S/C6F11O2/c7-2(8,1(18)19)3(9,10)4(11,12)5(13,14)6(15,16)17. The summed E-state index contributed by atoms with van der Waals surface area (Å²) >= 11 is 0. The smallest absolute Gasteiger partial charge is 0.240 e. The van der Waals surface area contributed by atoms with Gasteiger partial charge in [-0.2, -0.15) is 48.3 Å². The highest BCUT2D eigenvalue weighted by molar-refractivity contribution is 5.76. The summed E-state index contributed by atoms with van der Waals surface area (Å²) in [6.45, 7) is 0. The molecule has 0 spiro atoms. The van der Waals surface area contributed by atoms with Crippen LogP contribution < -0.4 is 0 Å². The molecule has 0 atom stereocenters. The lowest BCUT2D eigenvalue weighted by Crippen LogP contribution is -2.67. The van der Waals surface area contributed by atoms with Gasteiger partial charge in [0.15, 0.2) is 0 Å². The number of rotatable bonds is 4. The maximum absolute atomic E-state index is 12.4. The van der Waals surface area contributed by atoms with Gasteiger partial charge in [0.25, 0.3) is 0 Å². The molecule has 0 aromatic carbocycles. The fourth-order valence-corrected chi connectivity index (χ4v) is 0.701. The fraction of sp³-hybridized carbons (Fsp3) is 0.833. The van der Waals surface area contributed by atoms with Gasteiger partial charge in [-0.15, -0.1) is 0 Å². The highest BCUT2D eigenvalue weighted by Crippen LogP contribution is 2.57. The molecule has 0 aromatic heterocycles. The molecule has 0 aromatic rings. The van der Waals surface area contributed by atoms with Gasteiger partial charge in [-0.25, -0.2) is 9.90 Å². The maximum Gasteiger partial charge on any atom is 0.460 e. The molecule has 0 saturated heterocycles. The molecule has 13 heteroatoms. The zero-order valence-electron chi connectivity index (χ0n) is 7.97. The van der Waals surface area contributed by atoms with Gasteiger partial charge in [-0.3, -0.25) is 0 Å². The molecule has 2 nitrogen and oxygen atoms in total. The topological polar surface area (TPSA) is 37.0 Å². The Bertz CT molecular complexity index is 368. The Kier molecular flexibility index (Phi) is 3.82. The zero-order valence-corrected chi connectivity index (χ0v) is 7.97. The highest BCUT2D eigenvalue weighted by atomic mass is 19.4. The molecule has 0 aliphatic carbocycles. The minimum absolute atomic E-state index is 4.24. The van der Waals surface area contributed by atoms with Crippen LogP contribution in [-0.4, -0.2) is 35.8 Å². The lowest BCUT2D eigenvalue weighted by Gasteiger charge is -2.35. The van der Waals surface area contributed by atoms with E-state index in [4.69, 9.17) is 0 Å². The first-order valence-corrected chi connectivity index (χ1v) is 3.74. The molecule has 0 fully saturated rings. The molecule has 0 amide bonds. The van der Waals surface area contributed by atoms with Gasteiger partial charge < -0.3 is 0 Å². The van der Waals surface area contributed by atoms with E-state index in [2.05, 4.69) is 0 Å². The third-order valence-electron chi connectivity index (χ3n) is 1.80. The van der Waals surface area contributed by atoms with Gasteiger partial charge in [0.05, 0.1) is 0 Å². The maximum atomic E-state index is 12.4. The van der Waals surface area contributed by atoms with Gasteiger partial charge >= 0.3 is 35.8 Å². The summed E-state index contributed by atoms with van der Waals surface area (Å²) in [4.78, 5) is 9.49. The van der Waals surface area contributed by atoms with Crippen molar-refractivity contribution in [2.75, 3.05) is 0 Å². The van der Waals surface area contributed by atoms with Crippen molar-refractivity contribution in [3.05, 3.63) is 0 Å². The summed E-state index contributed by atoms with van der Waals surface area (Å²) in [5.41, 5.74) is 0. The average Bonchev–Trinajstić information content (AvgIpc) is 2.14. The largest absolute Gasteiger partial charge is 0.460 e. The number of alkyl halides is 11. The van der Waals surface area contributed by atoms with E-state index in [-0.39, 0.29) is 0 Å². The number of hydrogen-bond donors (Lipinski definition) is 0. The monoisotopic (exact) mass is 313 g/mol. The van der Waals surface area contributed by atoms with Crippen LogP contribution in [0, 0.1) is 0 Å². The van der Waals surface area contributed by atoms with Gasteiger partial charge in [-0.05, 0) is 0 Å². The van der Waals surface area contributed by atoms with Crippen molar-refractivity contribution in [2.45, 2.75) is 29.9 Å². The van der Waals surface area contributed by atoms with E-state index in [1.807, 2.05) is 0 Å². The summed E-state index contributed by atoms with van der Waals surface area (Å²) in [6, 6.07) is 0. The van der Waals surface area contributed by atoms with Crippen LogP contribution >= 0.6 is 0 Å². The third kappa shape index (κ3) is 2.18. The molecule has 1 radical (unpaired) electrons. The summed E-state index contributed by atoms with van der Waals surface area (Å²) in [5.74, 6) is -34.1. The molecule has 0 saturated carbocycles. The second-order valence-electron chi connectivity index (χ2n) is 3.08. The molecular formula is C6F11O2. The molecule has 0 bridgehead atoms. The molecule has 0 rings (SSSR count). The Morgan fingerprint density at radius 1 is 0.579 bits per heavy atom. The Hall–Kier alpha value is -1.30. The summed E-state index contributed by atoms with van der Waals surface area (Å²) < 4.78 is 132. The first-order chi connectivity index (χ1) is 7.94. The number of carbonyl (C=O) groups is 1. The Morgan fingerprint density at radius 2 is 0.895 bits per heavy atom. The SMILES string of the molecule is [O]C(=O)C(F)(F)C(F)(F)C(F)(F)C(F)(F)C(F)(F)F. The van der Waals surface area contributed by atoms with Crippen molar-refractivity contribution >= 4 is 5.97 Å². The van der Waals surface area contributed by atoms with E-state index in [9.17, 15) is 58.2 Å². The molecular weight excluding hydrogens is 313 g/mol. The molecule has 0 aliphatic rings. The van der Waals surface area contributed by atoms with Gasteiger partial charge in [0.2, 0.25) is 0 Å². The summed E-state index contributed by atoms with van der Waals surface area (Å²) in [7, 11) is 0. The second-order valence-corrected chi connectivity index (χ2v) is 3.08. The van der Waals surface area contributed by atoms with Crippen LogP contribution in [0.3, 0.4) is 0 Å². The van der Waals surface area contributed by atoms with Crippen LogP contribution in [-0.2, 0) is 9.90 Å². The van der Waals surface area contributed by atoms with Crippen LogP contribution in [0.25, 0.3) is 0 Å². The predicted molar refractivity (Wildman–Crippen MR) is 31.5 cm³/mol. The number of halogens is 11. The van der Waals surface area contributed by atoms with E-state index < -0.39 is 35.8 Å². The molecule has 19 heavy (non-hydrogen) atoms. The third-order valence-corrected chi connectivity index (χ3v) is 1.80. The average molecular weight is 313 g/mol. The normalized spacial score (nSPS) is 15.5. The van der Waals surface area contributed by atoms with Crippen LogP contribution in [0.5, 0.6) is 0 Å². The first kappa shape index (κ1) is 17.7. The van der Waals surface area contributed by atoms with Crippen molar-refractivity contribution in [2.24, 2.45) is 0 Å². The van der Waals surface area contributed by atoms with Gasteiger partial charge in [0, 0.05) is 0 Å². The van der Waals surface area contributed by atoms with E-state index in [1.165, 1.54) is 0 Å².